The number of benzene rings is 2. The van der Waals surface area contributed by atoms with Gasteiger partial charge in [0.15, 0.2) is 0 Å². The number of hydrogen-bond donors (Lipinski definition) is 5. The second-order valence-electron chi connectivity index (χ2n) is 6.18. The van der Waals surface area contributed by atoms with Crippen LogP contribution < -0.4 is 10.6 Å². The Morgan fingerprint density at radius 1 is 1.11 bits per heavy atom. The van der Waals surface area contributed by atoms with E-state index in [2.05, 4.69) is 10.6 Å². The molecule has 5 N–H and O–H groups in total. The fraction of sp³-hybridized carbons (Fsp3) is 0.316. The summed E-state index contributed by atoms with van der Waals surface area (Å²) in [6.45, 7) is 2.18. The summed E-state index contributed by atoms with van der Waals surface area (Å²) in [6, 6.07) is 9.71. The number of aliphatic hydroxyl groups excluding tert-OH is 1. The molecule has 2 aromatic carbocycles. The molecule has 2 aromatic rings. The van der Waals surface area contributed by atoms with Crippen molar-refractivity contribution in [2.45, 2.75) is 25.5 Å². The molecule has 27 heavy (non-hydrogen) atoms. The van der Waals surface area contributed by atoms with Gasteiger partial charge in [-0.15, -0.1) is 0 Å². The van der Waals surface area contributed by atoms with Crippen molar-refractivity contribution >= 4 is 34.9 Å². The second-order valence-corrected chi connectivity index (χ2v) is 6.93. The van der Waals surface area contributed by atoms with E-state index < -0.39 is 12.1 Å². The van der Waals surface area contributed by atoms with Crippen LogP contribution in [0.3, 0.4) is 0 Å². The molecule has 6 nitrogen and oxygen atoms in total. The topological polar surface area (TPSA) is 102 Å². The molecule has 0 unspecified atom stereocenters. The van der Waals surface area contributed by atoms with Crippen LogP contribution >= 0.6 is 23.2 Å². The van der Waals surface area contributed by atoms with Gasteiger partial charge in [0.05, 0.1) is 21.8 Å². The standard InChI is InChI=1S/C19H22Cl2N2O4/c1-11(19(27)13-2-5-14(24)6-3-13)22-9-8-12-4-7-15(18(21)17(12)20)23-10-16(25)26/h2-7,11,19,22-24,27H,8-10H2,1H3,(H,25,26)/t11-,19-/m0/s1. The third-order valence-corrected chi connectivity index (χ3v) is 5.08. The van der Waals surface area contributed by atoms with Crippen molar-refractivity contribution in [3.63, 3.8) is 0 Å². The van der Waals surface area contributed by atoms with Crippen LogP contribution in [-0.4, -0.2) is 40.4 Å². The van der Waals surface area contributed by atoms with Gasteiger partial charge < -0.3 is 26.0 Å². The molecule has 0 aromatic heterocycles. The van der Waals surface area contributed by atoms with Crippen LogP contribution in [-0.2, 0) is 11.2 Å². The van der Waals surface area contributed by atoms with Crippen LogP contribution in [0.4, 0.5) is 5.69 Å². The third-order valence-electron chi connectivity index (χ3n) is 4.16. The van der Waals surface area contributed by atoms with E-state index in [4.69, 9.17) is 28.3 Å². The van der Waals surface area contributed by atoms with Gasteiger partial charge in [0.25, 0.3) is 0 Å². The molecule has 0 radical (unpaired) electrons. The van der Waals surface area contributed by atoms with E-state index in [1.165, 1.54) is 12.1 Å². The van der Waals surface area contributed by atoms with Crippen LogP contribution in [0.5, 0.6) is 5.75 Å². The summed E-state index contributed by atoms with van der Waals surface area (Å²) in [5, 5.41) is 35.0. The Morgan fingerprint density at radius 3 is 2.41 bits per heavy atom. The molecule has 2 rings (SSSR count). The van der Waals surface area contributed by atoms with Gasteiger partial charge in [-0.05, 0) is 49.2 Å². The first-order chi connectivity index (χ1) is 12.8. The van der Waals surface area contributed by atoms with Crippen LogP contribution in [0, 0.1) is 0 Å². The van der Waals surface area contributed by atoms with Gasteiger partial charge in [-0.1, -0.05) is 41.4 Å². The van der Waals surface area contributed by atoms with E-state index in [1.54, 1.807) is 24.3 Å². The lowest BCUT2D eigenvalue weighted by atomic mass is 10.0. The quantitative estimate of drug-likeness (QED) is 0.432. The lowest BCUT2D eigenvalue weighted by Crippen LogP contribution is -2.33. The fourth-order valence-corrected chi connectivity index (χ4v) is 3.11. The van der Waals surface area contributed by atoms with Crippen molar-refractivity contribution in [3.8, 4) is 5.75 Å². The summed E-state index contributed by atoms with van der Waals surface area (Å²) < 4.78 is 0. The first-order valence-electron chi connectivity index (χ1n) is 8.42. The minimum Gasteiger partial charge on any atom is -0.508 e. The predicted molar refractivity (Wildman–Crippen MR) is 107 cm³/mol. The monoisotopic (exact) mass is 412 g/mol. The number of aromatic hydroxyl groups is 1. The molecule has 0 saturated carbocycles. The second kappa shape index (κ2) is 9.80. The molecule has 0 bridgehead atoms. The number of halogens is 2. The van der Waals surface area contributed by atoms with E-state index in [0.29, 0.717) is 29.2 Å². The largest absolute Gasteiger partial charge is 0.508 e. The smallest absolute Gasteiger partial charge is 0.322 e. The van der Waals surface area contributed by atoms with Crippen molar-refractivity contribution < 1.29 is 20.1 Å². The number of aliphatic hydroxyl groups is 1. The highest BCUT2D eigenvalue weighted by molar-refractivity contribution is 6.44. The zero-order valence-electron chi connectivity index (χ0n) is 14.7. The Balaban J connectivity index is 1.91. The molecule has 2 atom stereocenters. The number of hydrogen-bond acceptors (Lipinski definition) is 5. The Kier molecular flexibility index (Phi) is 7.74. The average molecular weight is 413 g/mol. The van der Waals surface area contributed by atoms with Crippen molar-refractivity contribution in [2.24, 2.45) is 0 Å². The molecule has 0 heterocycles. The molecule has 0 saturated heterocycles. The summed E-state index contributed by atoms with van der Waals surface area (Å²) in [6.07, 6.45) is -0.128. The van der Waals surface area contributed by atoms with Crippen molar-refractivity contribution in [1.82, 2.24) is 5.32 Å². The molecule has 8 heteroatoms. The van der Waals surface area contributed by atoms with E-state index in [-0.39, 0.29) is 23.4 Å². The highest BCUT2D eigenvalue weighted by Crippen LogP contribution is 2.33. The van der Waals surface area contributed by atoms with Crippen LogP contribution in [0.1, 0.15) is 24.2 Å². The highest BCUT2D eigenvalue weighted by Gasteiger charge is 2.16. The number of anilines is 1. The van der Waals surface area contributed by atoms with Crippen molar-refractivity contribution in [1.29, 1.82) is 0 Å². The van der Waals surface area contributed by atoms with Gasteiger partial charge in [0, 0.05) is 6.04 Å². The van der Waals surface area contributed by atoms with Crippen LogP contribution in [0.2, 0.25) is 10.0 Å². The van der Waals surface area contributed by atoms with E-state index >= 15 is 0 Å². The van der Waals surface area contributed by atoms with Crippen molar-refractivity contribution in [3.05, 3.63) is 57.6 Å². The van der Waals surface area contributed by atoms with Crippen LogP contribution in [0.15, 0.2) is 36.4 Å². The van der Waals surface area contributed by atoms with Crippen molar-refractivity contribution in [2.75, 3.05) is 18.4 Å². The number of phenols is 1. The van der Waals surface area contributed by atoms with Gasteiger partial charge >= 0.3 is 5.97 Å². The summed E-state index contributed by atoms with van der Waals surface area (Å²) in [7, 11) is 0. The molecular weight excluding hydrogens is 391 g/mol. The zero-order valence-corrected chi connectivity index (χ0v) is 16.3. The number of carbonyl (C=O) groups is 1. The number of phenolic OH excluding ortho intramolecular Hbond substituents is 1. The molecule has 0 spiro atoms. The van der Waals surface area contributed by atoms with Gasteiger partial charge in [0.2, 0.25) is 0 Å². The third kappa shape index (κ3) is 6.01. The number of carboxylic acid groups (broad SMARTS) is 1. The highest BCUT2D eigenvalue weighted by atomic mass is 35.5. The molecular formula is C19H22Cl2N2O4. The minimum absolute atomic E-state index is 0.152. The van der Waals surface area contributed by atoms with Gasteiger partial charge in [0.1, 0.15) is 12.3 Å². The first kappa shape index (κ1) is 21.3. The Labute approximate surface area is 167 Å². The predicted octanol–water partition coefficient (Wildman–Crippen LogP) is 3.45. The molecule has 0 fully saturated rings. The van der Waals surface area contributed by atoms with Gasteiger partial charge in [-0.2, -0.15) is 0 Å². The lowest BCUT2D eigenvalue weighted by Gasteiger charge is -2.21. The van der Waals surface area contributed by atoms with E-state index in [0.717, 1.165) is 5.56 Å². The van der Waals surface area contributed by atoms with E-state index in [1.807, 2.05) is 6.92 Å². The molecule has 0 amide bonds. The average Bonchev–Trinajstić information content (AvgIpc) is 2.64. The maximum absolute atomic E-state index is 10.6. The Hall–Kier alpha value is -1.99. The molecule has 0 aliphatic rings. The maximum atomic E-state index is 10.6. The molecule has 0 aliphatic heterocycles. The van der Waals surface area contributed by atoms with E-state index in [9.17, 15) is 15.0 Å². The minimum atomic E-state index is -0.989. The van der Waals surface area contributed by atoms with Gasteiger partial charge in [-0.3, -0.25) is 4.79 Å². The zero-order chi connectivity index (χ0) is 20.0. The normalized spacial score (nSPS) is 13.2. The number of rotatable bonds is 9. The summed E-state index contributed by atoms with van der Waals surface area (Å²) in [5.41, 5.74) is 2.00. The fourth-order valence-electron chi connectivity index (χ4n) is 2.60. The molecule has 146 valence electrons. The van der Waals surface area contributed by atoms with Gasteiger partial charge in [-0.25, -0.2) is 0 Å². The maximum Gasteiger partial charge on any atom is 0.322 e. The summed E-state index contributed by atoms with van der Waals surface area (Å²) in [4.78, 5) is 10.6. The molecule has 0 aliphatic carbocycles. The summed E-state index contributed by atoms with van der Waals surface area (Å²) >= 11 is 12.5. The number of nitrogens with one attached hydrogen (secondary N) is 2. The number of carboxylic acids is 1. The summed E-state index contributed by atoms with van der Waals surface area (Å²) in [5.74, 6) is -0.837. The SMILES string of the molecule is C[C@H](NCCc1ccc(NCC(=O)O)c(Cl)c1Cl)[C@H](O)c1ccc(O)cc1. The Morgan fingerprint density at radius 2 is 1.78 bits per heavy atom. The Bertz CT molecular complexity index is 784. The first-order valence-corrected chi connectivity index (χ1v) is 9.18. The van der Waals surface area contributed by atoms with Crippen LogP contribution in [0.25, 0.3) is 0 Å². The number of aliphatic carboxylic acids is 1. The lowest BCUT2D eigenvalue weighted by molar-refractivity contribution is -0.134.